The summed E-state index contributed by atoms with van der Waals surface area (Å²) in [5.41, 5.74) is 4.60. The molecule has 10 nitrogen and oxygen atoms in total. The van der Waals surface area contributed by atoms with Crippen molar-refractivity contribution >= 4 is 32.9 Å². The molecule has 5 rings (SSSR count). The van der Waals surface area contributed by atoms with Gasteiger partial charge in [0.15, 0.2) is 0 Å². The molecule has 0 radical (unpaired) electrons. The summed E-state index contributed by atoms with van der Waals surface area (Å²) in [7, 11) is -0.283. The lowest BCUT2D eigenvalue weighted by molar-refractivity contribution is 0.416. The Kier molecular flexibility index (Phi) is 6.30. The molecule has 0 atom stereocenters. The van der Waals surface area contributed by atoms with Gasteiger partial charge in [-0.3, -0.25) is 4.31 Å². The number of fused-ring (bicyclic) bond motifs is 1. The number of nitrogens with zero attached hydrogens (tertiary/aromatic N) is 6. The zero-order valence-corrected chi connectivity index (χ0v) is 21.8. The lowest BCUT2D eigenvalue weighted by Crippen LogP contribution is -2.25. The molecule has 0 fully saturated rings. The number of ether oxygens (including phenoxy) is 1. The maximum atomic E-state index is 12.2. The van der Waals surface area contributed by atoms with E-state index in [0.29, 0.717) is 23.9 Å². The highest BCUT2D eigenvalue weighted by Crippen LogP contribution is 2.33. The fourth-order valence-corrected chi connectivity index (χ4v) is 4.65. The van der Waals surface area contributed by atoms with Crippen LogP contribution in [-0.4, -0.2) is 53.0 Å². The largest absolute Gasteiger partial charge is 0.495 e. The van der Waals surface area contributed by atoms with Crippen molar-refractivity contribution in [3.63, 3.8) is 0 Å². The van der Waals surface area contributed by atoms with E-state index in [0.717, 1.165) is 33.8 Å². The second-order valence-electron chi connectivity index (χ2n) is 8.65. The van der Waals surface area contributed by atoms with Crippen molar-refractivity contribution in [1.29, 1.82) is 0 Å². The average Bonchev–Trinajstić information content (AvgIpc) is 3.49. The first kappa shape index (κ1) is 24.3. The molecule has 0 unspecified atom stereocenters. The maximum Gasteiger partial charge on any atom is 0.245 e. The Hall–Kier alpha value is -4.38. The van der Waals surface area contributed by atoms with Gasteiger partial charge in [-0.15, -0.1) is 5.10 Å². The van der Waals surface area contributed by atoms with Crippen molar-refractivity contribution in [3.05, 3.63) is 84.6 Å². The molecule has 0 aliphatic heterocycles. The molecular formula is C26H27N7O3S. The van der Waals surface area contributed by atoms with E-state index in [-0.39, 0.29) is 0 Å². The topological polar surface area (TPSA) is 107 Å². The second-order valence-corrected chi connectivity index (χ2v) is 10.7. The molecule has 2 aromatic carbocycles. The number of imidazole rings is 1. The van der Waals surface area contributed by atoms with E-state index in [4.69, 9.17) is 9.84 Å². The number of rotatable bonds is 8. The average molecular weight is 518 g/mol. The Bertz CT molecular complexity index is 1690. The number of para-hydroxylation sites is 1. The van der Waals surface area contributed by atoms with E-state index >= 15 is 0 Å². The highest BCUT2D eigenvalue weighted by atomic mass is 32.2. The van der Waals surface area contributed by atoms with E-state index in [2.05, 4.69) is 19.9 Å². The highest BCUT2D eigenvalue weighted by Gasteiger charge is 2.19. The molecule has 11 heteroatoms. The van der Waals surface area contributed by atoms with Gasteiger partial charge in [-0.25, -0.2) is 22.9 Å². The molecule has 3 aromatic heterocycles. The van der Waals surface area contributed by atoms with Crippen LogP contribution in [0, 0.1) is 6.92 Å². The molecule has 1 N–H and O–H groups in total. The van der Waals surface area contributed by atoms with Crippen LogP contribution in [0.25, 0.3) is 16.8 Å². The second kappa shape index (κ2) is 9.58. The number of hydrogen-bond acceptors (Lipinski definition) is 7. The van der Waals surface area contributed by atoms with Crippen LogP contribution in [0.2, 0.25) is 0 Å². The summed E-state index contributed by atoms with van der Waals surface area (Å²) >= 11 is 0. The number of sulfonamides is 1. The van der Waals surface area contributed by atoms with Gasteiger partial charge >= 0.3 is 0 Å². The van der Waals surface area contributed by atoms with Gasteiger partial charge in [-0.1, -0.05) is 24.3 Å². The third kappa shape index (κ3) is 4.85. The molecule has 3 heterocycles. The van der Waals surface area contributed by atoms with Gasteiger partial charge in [0.25, 0.3) is 0 Å². The number of hydrogen-bond donors (Lipinski definition) is 1. The molecule has 0 aliphatic rings. The van der Waals surface area contributed by atoms with Crippen LogP contribution in [0.4, 0.5) is 17.3 Å². The Morgan fingerprint density at radius 2 is 1.89 bits per heavy atom. The molecule has 0 spiro atoms. The van der Waals surface area contributed by atoms with Crippen LogP contribution in [0.1, 0.15) is 11.4 Å². The van der Waals surface area contributed by atoms with E-state index < -0.39 is 10.0 Å². The summed E-state index contributed by atoms with van der Waals surface area (Å²) in [6, 6.07) is 17.0. The molecule has 0 bridgehead atoms. The first-order valence-electron chi connectivity index (χ1n) is 11.5. The smallest absolute Gasteiger partial charge is 0.245 e. The standard InChI is InChI=1S/C26H27N7O3S/c1-18-27-13-14-32(18)17-19-9-11-22(25(15-19)36-3)29-26-28-16-20-10-12-24(33(20)30-26)21-7-5-6-8-23(21)31(2)37(4,34)35/h5-16H,17H2,1-4H3,(H,29,30). The summed E-state index contributed by atoms with van der Waals surface area (Å²) in [6.45, 7) is 2.65. The lowest BCUT2D eigenvalue weighted by atomic mass is 10.1. The van der Waals surface area contributed by atoms with Crippen LogP contribution in [0.5, 0.6) is 5.75 Å². The lowest BCUT2D eigenvalue weighted by Gasteiger charge is -2.20. The molecular weight excluding hydrogens is 490 g/mol. The highest BCUT2D eigenvalue weighted by molar-refractivity contribution is 7.92. The molecule has 0 amide bonds. The van der Waals surface area contributed by atoms with Crippen molar-refractivity contribution in [3.8, 4) is 17.0 Å². The summed E-state index contributed by atoms with van der Waals surface area (Å²) < 4.78 is 35.2. The number of anilines is 3. The quantitative estimate of drug-likeness (QED) is 0.330. The number of aryl methyl sites for hydroxylation is 1. The van der Waals surface area contributed by atoms with E-state index in [1.54, 1.807) is 30.1 Å². The minimum atomic E-state index is -3.44. The van der Waals surface area contributed by atoms with Gasteiger partial charge < -0.3 is 14.6 Å². The number of aromatic nitrogens is 5. The van der Waals surface area contributed by atoms with Crippen molar-refractivity contribution in [2.24, 2.45) is 0 Å². The number of nitrogens with one attached hydrogen (secondary N) is 1. The summed E-state index contributed by atoms with van der Waals surface area (Å²) in [5.74, 6) is 1.97. The van der Waals surface area contributed by atoms with Crippen molar-refractivity contribution < 1.29 is 13.2 Å². The van der Waals surface area contributed by atoms with Gasteiger partial charge in [-0.05, 0) is 42.8 Å². The number of benzene rings is 2. The predicted molar refractivity (Wildman–Crippen MR) is 144 cm³/mol. The zero-order valence-electron chi connectivity index (χ0n) is 21.0. The van der Waals surface area contributed by atoms with E-state index in [9.17, 15) is 8.42 Å². The van der Waals surface area contributed by atoms with Crippen LogP contribution in [0.3, 0.4) is 0 Å². The normalized spacial score (nSPS) is 11.6. The van der Waals surface area contributed by atoms with Gasteiger partial charge in [0.1, 0.15) is 11.6 Å². The van der Waals surface area contributed by atoms with Crippen LogP contribution in [0.15, 0.2) is 73.2 Å². The Labute approximate surface area is 215 Å². The third-order valence-corrected chi connectivity index (χ3v) is 7.40. The molecule has 0 aliphatic carbocycles. The molecule has 37 heavy (non-hydrogen) atoms. The monoisotopic (exact) mass is 517 g/mol. The predicted octanol–water partition coefficient (Wildman–Crippen LogP) is 4.10. The minimum absolute atomic E-state index is 0.371. The summed E-state index contributed by atoms with van der Waals surface area (Å²) in [4.78, 5) is 8.73. The fourth-order valence-electron chi connectivity index (χ4n) is 4.13. The van der Waals surface area contributed by atoms with Crippen molar-refractivity contribution in [2.75, 3.05) is 30.0 Å². The minimum Gasteiger partial charge on any atom is -0.495 e. The maximum absolute atomic E-state index is 12.2. The first-order valence-corrected chi connectivity index (χ1v) is 13.4. The Morgan fingerprint density at radius 1 is 1.08 bits per heavy atom. The van der Waals surface area contributed by atoms with Crippen molar-refractivity contribution in [2.45, 2.75) is 13.5 Å². The Balaban J connectivity index is 1.48. The van der Waals surface area contributed by atoms with Crippen LogP contribution in [-0.2, 0) is 16.6 Å². The molecule has 190 valence electrons. The Morgan fingerprint density at radius 3 is 2.62 bits per heavy atom. The van der Waals surface area contributed by atoms with Gasteiger partial charge in [0.2, 0.25) is 16.0 Å². The summed E-state index contributed by atoms with van der Waals surface area (Å²) in [6.07, 6.45) is 6.62. The first-order chi connectivity index (χ1) is 17.7. The van der Waals surface area contributed by atoms with Gasteiger partial charge in [-0.2, -0.15) is 0 Å². The number of methoxy groups -OCH3 is 1. The van der Waals surface area contributed by atoms with Crippen LogP contribution >= 0.6 is 0 Å². The molecule has 0 saturated carbocycles. The van der Waals surface area contributed by atoms with E-state index in [1.807, 2.05) is 61.7 Å². The SMILES string of the molecule is COc1cc(Cn2ccnc2C)ccc1Nc1ncc2ccc(-c3ccccc3N(C)S(C)(=O)=O)n2n1. The van der Waals surface area contributed by atoms with Crippen molar-refractivity contribution in [1.82, 2.24) is 24.1 Å². The summed E-state index contributed by atoms with van der Waals surface area (Å²) in [5, 5.41) is 7.95. The molecule has 0 saturated heterocycles. The van der Waals surface area contributed by atoms with E-state index in [1.165, 1.54) is 17.6 Å². The zero-order chi connectivity index (χ0) is 26.2. The van der Waals surface area contributed by atoms with Crippen LogP contribution < -0.4 is 14.4 Å². The third-order valence-electron chi connectivity index (χ3n) is 6.20. The molecule has 5 aromatic rings. The van der Waals surface area contributed by atoms with Gasteiger partial charge in [0.05, 0.1) is 42.1 Å². The van der Waals surface area contributed by atoms with Gasteiger partial charge in [0, 0.05) is 31.5 Å². The fraction of sp³-hybridized carbons (Fsp3) is 0.192.